The standard InChI is InChI=1S/C13H25N3O/c1-10-5-3-6-11(2)16(10)15-13(17)12-7-4-8-14-9-12/h10-12,14H,3-9H2,1-2H3,(H,15,17). The van der Waals surface area contributed by atoms with Crippen LogP contribution in [0.15, 0.2) is 0 Å². The molecule has 3 unspecified atom stereocenters. The molecule has 1 amide bonds. The van der Waals surface area contributed by atoms with Gasteiger partial charge in [-0.3, -0.25) is 10.2 Å². The molecule has 2 N–H and O–H groups in total. The van der Waals surface area contributed by atoms with E-state index in [1.165, 1.54) is 19.3 Å². The molecule has 2 fully saturated rings. The molecule has 2 heterocycles. The van der Waals surface area contributed by atoms with Crippen LogP contribution in [0.2, 0.25) is 0 Å². The Labute approximate surface area is 104 Å². The van der Waals surface area contributed by atoms with E-state index in [1.54, 1.807) is 0 Å². The summed E-state index contributed by atoms with van der Waals surface area (Å²) in [6, 6.07) is 0.943. The molecule has 0 spiro atoms. The lowest BCUT2D eigenvalue weighted by atomic mass is 9.98. The van der Waals surface area contributed by atoms with Gasteiger partial charge in [0, 0.05) is 18.6 Å². The fraction of sp³-hybridized carbons (Fsp3) is 0.923. The summed E-state index contributed by atoms with van der Waals surface area (Å²) in [5, 5.41) is 5.46. The fourth-order valence-electron chi connectivity index (χ4n) is 2.94. The molecule has 17 heavy (non-hydrogen) atoms. The highest BCUT2D eigenvalue weighted by atomic mass is 16.2. The van der Waals surface area contributed by atoms with Crippen LogP contribution in [0, 0.1) is 5.92 Å². The number of carbonyl (C=O) groups excluding carboxylic acids is 1. The summed E-state index contributed by atoms with van der Waals surface area (Å²) in [6.07, 6.45) is 5.79. The third-order valence-corrected chi connectivity index (χ3v) is 4.10. The molecule has 2 saturated heterocycles. The zero-order valence-electron chi connectivity index (χ0n) is 11.0. The molecule has 0 aliphatic carbocycles. The summed E-state index contributed by atoms with van der Waals surface area (Å²) < 4.78 is 0. The van der Waals surface area contributed by atoms with E-state index < -0.39 is 0 Å². The average Bonchev–Trinajstić information content (AvgIpc) is 2.35. The van der Waals surface area contributed by atoms with Crippen molar-refractivity contribution in [3.05, 3.63) is 0 Å². The Balaban J connectivity index is 1.87. The van der Waals surface area contributed by atoms with E-state index in [2.05, 4.69) is 29.6 Å². The Hall–Kier alpha value is -0.610. The summed E-state index contributed by atoms with van der Waals surface area (Å²) in [6.45, 7) is 6.30. The van der Waals surface area contributed by atoms with Gasteiger partial charge < -0.3 is 5.32 Å². The van der Waals surface area contributed by atoms with Crippen LogP contribution in [0.3, 0.4) is 0 Å². The van der Waals surface area contributed by atoms with E-state index in [0.717, 1.165) is 25.9 Å². The summed E-state index contributed by atoms with van der Waals surface area (Å²) in [7, 11) is 0. The molecule has 0 saturated carbocycles. The van der Waals surface area contributed by atoms with Gasteiger partial charge in [-0.15, -0.1) is 0 Å². The highest BCUT2D eigenvalue weighted by Gasteiger charge is 2.29. The number of nitrogens with zero attached hydrogens (tertiary/aromatic N) is 1. The van der Waals surface area contributed by atoms with Crippen molar-refractivity contribution in [2.45, 2.75) is 58.0 Å². The topological polar surface area (TPSA) is 44.4 Å². The van der Waals surface area contributed by atoms with Crippen molar-refractivity contribution >= 4 is 5.91 Å². The van der Waals surface area contributed by atoms with Crippen molar-refractivity contribution in [3.8, 4) is 0 Å². The van der Waals surface area contributed by atoms with E-state index in [-0.39, 0.29) is 11.8 Å². The van der Waals surface area contributed by atoms with Crippen LogP contribution < -0.4 is 10.7 Å². The van der Waals surface area contributed by atoms with E-state index in [1.807, 2.05) is 0 Å². The van der Waals surface area contributed by atoms with E-state index in [0.29, 0.717) is 12.1 Å². The largest absolute Gasteiger partial charge is 0.316 e. The third kappa shape index (κ3) is 3.19. The maximum Gasteiger partial charge on any atom is 0.238 e. The van der Waals surface area contributed by atoms with Crippen LogP contribution in [0.1, 0.15) is 46.0 Å². The molecule has 98 valence electrons. The lowest BCUT2D eigenvalue weighted by Gasteiger charge is -2.39. The lowest BCUT2D eigenvalue weighted by Crippen LogP contribution is -2.56. The zero-order chi connectivity index (χ0) is 12.3. The summed E-state index contributed by atoms with van der Waals surface area (Å²) in [5.74, 6) is 0.364. The second-order valence-corrected chi connectivity index (χ2v) is 5.56. The molecular weight excluding hydrogens is 214 g/mol. The monoisotopic (exact) mass is 239 g/mol. The molecule has 0 aromatic heterocycles. The molecule has 0 bridgehead atoms. The van der Waals surface area contributed by atoms with Crippen molar-refractivity contribution in [1.29, 1.82) is 0 Å². The maximum atomic E-state index is 12.2. The van der Waals surface area contributed by atoms with Crippen LogP contribution in [0.5, 0.6) is 0 Å². The molecule has 2 aliphatic heterocycles. The zero-order valence-corrected chi connectivity index (χ0v) is 11.0. The normalized spacial score (nSPS) is 35.5. The number of hydrogen-bond donors (Lipinski definition) is 2. The number of carbonyl (C=O) groups is 1. The highest BCUT2D eigenvalue weighted by Crippen LogP contribution is 2.21. The average molecular weight is 239 g/mol. The van der Waals surface area contributed by atoms with E-state index in [4.69, 9.17) is 0 Å². The molecular formula is C13H25N3O. The Bertz CT molecular complexity index is 253. The Kier molecular flexibility index (Phi) is 4.40. The number of hydrazine groups is 1. The molecule has 0 aromatic rings. The first kappa shape index (κ1) is 12.8. The molecule has 4 nitrogen and oxygen atoms in total. The first-order chi connectivity index (χ1) is 8.18. The van der Waals surface area contributed by atoms with Crippen molar-refractivity contribution in [1.82, 2.24) is 15.8 Å². The van der Waals surface area contributed by atoms with Crippen LogP contribution >= 0.6 is 0 Å². The molecule has 3 atom stereocenters. The second-order valence-electron chi connectivity index (χ2n) is 5.56. The Morgan fingerprint density at radius 3 is 2.47 bits per heavy atom. The van der Waals surface area contributed by atoms with Crippen molar-refractivity contribution in [2.24, 2.45) is 5.92 Å². The summed E-state index contributed by atoms with van der Waals surface area (Å²) in [5.41, 5.74) is 3.14. The highest BCUT2D eigenvalue weighted by molar-refractivity contribution is 5.78. The number of hydrogen-bond acceptors (Lipinski definition) is 3. The minimum atomic E-state index is 0.157. The van der Waals surface area contributed by atoms with Crippen LogP contribution in [-0.4, -0.2) is 36.1 Å². The van der Waals surface area contributed by atoms with Crippen LogP contribution in [-0.2, 0) is 4.79 Å². The Morgan fingerprint density at radius 1 is 1.18 bits per heavy atom. The van der Waals surface area contributed by atoms with Crippen LogP contribution in [0.4, 0.5) is 0 Å². The number of piperidine rings is 2. The van der Waals surface area contributed by atoms with Gasteiger partial charge in [-0.25, -0.2) is 5.01 Å². The quantitative estimate of drug-likeness (QED) is 0.763. The molecule has 0 aromatic carbocycles. The SMILES string of the molecule is CC1CCCC(C)N1NC(=O)C1CCCNC1. The number of nitrogens with one attached hydrogen (secondary N) is 2. The van der Waals surface area contributed by atoms with Gasteiger partial charge in [0.1, 0.15) is 0 Å². The van der Waals surface area contributed by atoms with Gasteiger partial charge in [-0.1, -0.05) is 6.42 Å². The second kappa shape index (κ2) is 5.83. The minimum Gasteiger partial charge on any atom is -0.316 e. The van der Waals surface area contributed by atoms with Crippen molar-refractivity contribution < 1.29 is 4.79 Å². The van der Waals surface area contributed by atoms with E-state index >= 15 is 0 Å². The predicted molar refractivity (Wildman–Crippen MR) is 68.4 cm³/mol. The van der Waals surface area contributed by atoms with Gasteiger partial charge >= 0.3 is 0 Å². The van der Waals surface area contributed by atoms with Gasteiger partial charge in [0.05, 0.1) is 5.92 Å². The minimum absolute atomic E-state index is 0.157. The van der Waals surface area contributed by atoms with Gasteiger partial charge in [-0.05, 0) is 46.1 Å². The summed E-state index contributed by atoms with van der Waals surface area (Å²) >= 11 is 0. The molecule has 2 aliphatic rings. The number of amides is 1. The van der Waals surface area contributed by atoms with E-state index in [9.17, 15) is 4.79 Å². The molecule has 0 radical (unpaired) electrons. The smallest absolute Gasteiger partial charge is 0.238 e. The van der Waals surface area contributed by atoms with Gasteiger partial charge in [-0.2, -0.15) is 0 Å². The fourth-order valence-corrected chi connectivity index (χ4v) is 2.94. The van der Waals surface area contributed by atoms with Gasteiger partial charge in [0.2, 0.25) is 5.91 Å². The van der Waals surface area contributed by atoms with Crippen LogP contribution in [0.25, 0.3) is 0 Å². The first-order valence-electron chi connectivity index (χ1n) is 6.98. The Morgan fingerprint density at radius 2 is 1.88 bits per heavy atom. The molecule has 2 rings (SSSR count). The summed E-state index contributed by atoms with van der Waals surface area (Å²) in [4.78, 5) is 12.2. The first-order valence-corrected chi connectivity index (χ1v) is 6.98. The van der Waals surface area contributed by atoms with Crippen molar-refractivity contribution in [2.75, 3.05) is 13.1 Å². The van der Waals surface area contributed by atoms with Crippen molar-refractivity contribution in [3.63, 3.8) is 0 Å². The maximum absolute atomic E-state index is 12.2. The predicted octanol–water partition coefficient (Wildman–Crippen LogP) is 1.28. The van der Waals surface area contributed by atoms with Gasteiger partial charge in [0.15, 0.2) is 0 Å². The number of rotatable bonds is 2. The lowest BCUT2D eigenvalue weighted by molar-refractivity contribution is -0.133. The molecule has 4 heteroatoms. The third-order valence-electron chi connectivity index (χ3n) is 4.10. The van der Waals surface area contributed by atoms with Gasteiger partial charge in [0.25, 0.3) is 0 Å².